The van der Waals surface area contributed by atoms with Crippen LogP contribution >= 0.6 is 34.8 Å². The fourth-order valence-corrected chi connectivity index (χ4v) is 2.57. The maximum atomic E-state index is 6.26. The molecule has 0 spiro atoms. The van der Waals surface area contributed by atoms with Crippen molar-refractivity contribution >= 4 is 53.0 Å². The van der Waals surface area contributed by atoms with E-state index >= 15 is 0 Å². The Bertz CT molecular complexity index is 925. The Morgan fingerprint density at radius 2 is 1.80 bits per heavy atom. The lowest BCUT2D eigenvalue weighted by atomic mass is 10.2. The lowest BCUT2D eigenvalue weighted by Gasteiger charge is -2.09. The summed E-state index contributed by atoms with van der Waals surface area (Å²) in [5.74, 6) is 0.875. The molecule has 0 aliphatic carbocycles. The van der Waals surface area contributed by atoms with Gasteiger partial charge in [0.2, 0.25) is 5.89 Å². The average Bonchev–Trinajstić information content (AvgIpc) is 3.00. The molecular weight excluding hydrogens is 385 g/mol. The number of anilines is 1. The smallest absolute Gasteiger partial charge is 0.313 e. The zero-order valence-corrected chi connectivity index (χ0v) is 15.0. The minimum atomic E-state index is 0.0173. The zero-order valence-electron chi connectivity index (χ0n) is 12.7. The summed E-state index contributed by atoms with van der Waals surface area (Å²) in [6, 6.07) is 10.7. The number of halogens is 3. The van der Waals surface area contributed by atoms with Crippen molar-refractivity contribution < 1.29 is 9.15 Å². The maximum absolute atomic E-state index is 6.26. The largest absolute Gasteiger partial charge is 0.487 e. The van der Waals surface area contributed by atoms with Crippen LogP contribution in [0.1, 0.15) is 17.0 Å². The van der Waals surface area contributed by atoms with E-state index in [0.717, 1.165) is 11.1 Å². The van der Waals surface area contributed by atoms with E-state index in [1.165, 1.54) is 0 Å². The molecule has 0 aliphatic heterocycles. The standard InChI is InChI=1S/C17H12Cl3N3O2/c18-12-4-1-11(8-13(12)19)9-24-15-5-2-10(7-14(15)20)3-6-16-22-23-17(21)25-16/h1-8H,9H2,(H2,21,23)/b6-3+. The highest BCUT2D eigenvalue weighted by Crippen LogP contribution is 2.28. The summed E-state index contributed by atoms with van der Waals surface area (Å²) in [4.78, 5) is 0. The highest BCUT2D eigenvalue weighted by molar-refractivity contribution is 6.42. The Labute approximate surface area is 159 Å². The first-order valence-electron chi connectivity index (χ1n) is 7.14. The van der Waals surface area contributed by atoms with Crippen molar-refractivity contribution in [1.29, 1.82) is 0 Å². The molecule has 5 nitrogen and oxygen atoms in total. The van der Waals surface area contributed by atoms with E-state index in [0.29, 0.717) is 33.3 Å². The van der Waals surface area contributed by atoms with Gasteiger partial charge in [-0.05, 0) is 41.5 Å². The van der Waals surface area contributed by atoms with Crippen LogP contribution in [0.5, 0.6) is 5.75 Å². The molecule has 1 heterocycles. The van der Waals surface area contributed by atoms with Crippen molar-refractivity contribution in [3.8, 4) is 5.75 Å². The van der Waals surface area contributed by atoms with Gasteiger partial charge in [0, 0.05) is 6.08 Å². The Kier molecular flexibility index (Phi) is 5.48. The van der Waals surface area contributed by atoms with Crippen LogP contribution in [0.15, 0.2) is 40.8 Å². The third-order valence-electron chi connectivity index (χ3n) is 3.21. The summed E-state index contributed by atoms with van der Waals surface area (Å²) in [6.07, 6.45) is 3.42. The molecule has 0 atom stereocenters. The number of nitrogen functional groups attached to an aromatic ring is 1. The summed E-state index contributed by atoms with van der Waals surface area (Å²) in [5, 5.41) is 8.78. The van der Waals surface area contributed by atoms with Crippen LogP contribution in [0.2, 0.25) is 15.1 Å². The second-order valence-corrected chi connectivity index (χ2v) is 6.26. The third kappa shape index (κ3) is 4.66. The molecule has 0 saturated heterocycles. The van der Waals surface area contributed by atoms with Gasteiger partial charge in [-0.1, -0.05) is 52.0 Å². The average molecular weight is 397 g/mol. The second kappa shape index (κ2) is 7.78. The molecule has 0 fully saturated rings. The van der Waals surface area contributed by atoms with E-state index in [2.05, 4.69) is 10.2 Å². The normalized spacial score (nSPS) is 11.2. The molecule has 0 radical (unpaired) electrons. The Hall–Kier alpha value is -2.21. The maximum Gasteiger partial charge on any atom is 0.313 e. The first-order chi connectivity index (χ1) is 12.0. The van der Waals surface area contributed by atoms with Crippen LogP contribution < -0.4 is 10.5 Å². The van der Waals surface area contributed by atoms with Gasteiger partial charge in [-0.25, -0.2) is 0 Å². The van der Waals surface area contributed by atoms with Crippen LogP contribution in [0.4, 0.5) is 6.01 Å². The SMILES string of the molecule is Nc1nnc(/C=C/c2ccc(OCc3ccc(Cl)c(Cl)c3)c(Cl)c2)o1. The number of hydrogen-bond donors (Lipinski definition) is 1. The second-order valence-electron chi connectivity index (χ2n) is 5.04. The van der Waals surface area contributed by atoms with Gasteiger partial charge in [-0.15, -0.1) is 5.10 Å². The monoisotopic (exact) mass is 395 g/mol. The molecular formula is C17H12Cl3N3O2. The molecule has 8 heteroatoms. The number of hydrogen-bond acceptors (Lipinski definition) is 5. The molecule has 128 valence electrons. The fraction of sp³-hybridized carbons (Fsp3) is 0.0588. The van der Waals surface area contributed by atoms with Gasteiger partial charge in [0.15, 0.2) is 0 Å². The van der Waals surface area contributed by atoms with Crippen molar-refractivity contribution in [3.63, 3.8) is 0 Å². The summed E-state index contributed by atoms with van der Waals surface area (Å²) in [7, 11) is 0. The Morgan fingerprint density at radius 3 is 2.48 bits per heavy atom. The van der Waals surface area contributed by atoms with Crippen molar-refractivity contribution in [1.82, 2.24) is 10.2 Å². The highest BCUT2D eigenvalue weighted by atomic mass is 35.5. The van der Waals surface area contributed by atoms with Gasteiger partial charge in [0.1, 0.15) is 12.4 Å². The molecule has 1 aromatic heterocycles. The van der Waals surface area contributed by atoms with Crippen LogP contribution in [-0.4, -0.2) is 10.2 Å². The predicted molar refractivity (Wildman–Crippen MR) is 99.9 cm³/mol. The summed E-state index contributed by atoms with van der Waals surface area (Å²) in [6.45, 7) is 0.326. The molecule has 0 aliphatic rings. The molecule has 3 rings (SSSR count). The zero-order chi connectivity index (χ0) is 17.8. The van der Waals surface area contributed by atoms with Gasteiger partial charge in [0.05, 0.1) is 15.1 Å². The molecule has 0 unspecified atom stereocenters. The van der Waals surface area contributed by atoms with E-state index in [1.54, 1.807) is 36.4 Å². The van der Waals surface area contributed by atoms with E-state index < -0.39 is 0 Å². The molecule has 2 aromatic carbocycles. The topological polar surface area (TPSA) is 74.2 Å². The lowest BCUT2D eigenvalue weighted by molar-refractivity contribution is 0.306. The van der Waals surface area contributed by atoms with Crippen LogP contribution in [0, 0.1) is 0 Å². The molecule has 2 N–H and O–H groups in total. The number of nitrogens with two attached hydrogens (primary N) is 1. The summed E-state index contributed by atoms with van der Waals surface area (Å²) >= 11 is 18.1. The molecule has 25 heavy (non-hydrogen) atoms. The predicted octanol–water partition coefficient (Wildman–Crippen LogP) is 5.36. The molecule has 0 bridgehead atoms. The summed E-state index contributed by atoms with van der Waals surface area (Å²) in [5.41, 5.74) is 7.11. The van der Waals surface area contributed by atoms with Gasteiger partial charge < -0.3 is 14.9 Å². The lowest BCUT2D eigenvalue weighted by Crippen LogP contribution is -1.96. The number of rotatable bonds is 5. The van der Waals surface area contributed by atoms with Gasteiger partial charge >= 0.3 is 6.01 Å². The number of ether oxygens (including phenoxy) is 1. The minimum absolute atomic E-state index is 0.0173. The van der Waals surface area contributed by atoms with Crippen molar-refractivity contribution in [2.24, 2.45) is 0 Å². The summed E-state index contributed by atoms with van der Waals surface area (Å²) < 4.78 is 10.8. The van der Waals surface area contributed by atoms with Gasteiger partial charge in [-0.2, -0.15) is 0 Å². The Balaban J connectivity index is 1.67. The van der Waals surface area contributed by atoms with E-state index in [1.807, 2.05) is 12.1 Å². The van der Waals surface area contributed by atoms with E-state index in [4.69, 9.17) is 49.7 Å². The first kappa shape index (κ1) is 17.6. The Morgan fingerprint density at radius 1 is 0.960 bits per heavy atom. The van der Waals surface area contributed by atoms with Gasteiger partial charge in [0.25, 0.3) is 0 Å². The van der Waals surface area contributed by atoms with E-state index in [9.17, 15) is 0 Å². The van der Waals surface area contributed by atoms with Crippen molar-refractivity contribution in [2.45, 2.75) is 6.61 Å². The molecule has 0 amide bonds. The molecule has 0 saturated carbocycles. The highest BCUT2D eigenvalue weighted by Gasteiger charge is 2.05. The van der Waals surface area contributed by atoms with Crippen molar-refractivity contribution in [2.75, 3.05) is 5.73 Å². The van der Waals surface area contributed by atoms with Crippen LogP contribution in [0.25, 0.3) is 12.2 Å². The quantitative estimate of drug-likeness (QED) is 0.628. The van der Waals surface area contributed by atoms with Crippen LogP contribution in [0.3, 0.4) is 0 Å². The fourth-order valence-electron chi connectivity index (χ4n) is 2.01. The third-order valence-corrected chi connectivity index (χ3v) is 4.24. The number of benzene rings is 2. The minimum Gasteiger partial charge on any atom is -0.487 e. The number of nitrogens with zero attached hydrogens (tertiary/aromatic N) is 2. The first-order valence-corrected chi connectivity index (χ1v) is 8.28. The van der Waals surface area contributed by atoms with Gasteiger partial charge in [-0.3, -0.25) is 0 Å². The number of aromatic nitrogens is 2. The van der Waals surface area contributed by atoms with Crippen LogP contribution in [-0.2, 0) is 6.61 Å². The van der Waals surface area contributed by atoms with E-state index in [-0.39, 0.29) is 6.01 Å². The molecule has 3 aromatic rings. The van der Waals surface area contributed by atoms with Crippen molar-refractivity contribution in [3.05, 3.63) is 68.5 Å².